The fourth-order valence-electron chi connectivity index (χ4n) is 3.76. The van der Waals surface area contributed by atoms with Crippen molar-refractivity contribution in [2.45, 2.75) is 19.3 Å². The molecule has 2 aromatic carbocycles. The van der Waals surface area contributed by atoms with Gasteiger partial charge in [0.05, 0.1) is 24.0 Å². The number of nitrogens with zero attached hydrogens (tertiary/aromatic N) is 6. The lowest BCUT2D eigenvalue weighted by Crippen LogP contribution is -2.35. The number of nitrogens with one attached hydrogen (secondary N) is 2. The first-order chi connectivity index (χ1) is 19.7. The largest absolute Gasteiger partial charge is 0.858 e. The average Bonchev–Trinajstić information content (AvgIpc) is 3.58. The zero-order valence-electron chi connectivity index (χ0n) is 21.1. The van der Waals surface area contributed by atoms with Crippen molar-refractivity contribution in [3.63, 3.8) is 0 Å². The molecule has 3 heterocycles. The predicted octanol–water partition coefficient (Wildman–Crippen LogP) is 3.75. The van der Waals surface area contributed by atoms with Crippen LogP contribution in [0.25, 0.3) is 0 Å². The standard InChI is InChI=1S/C27H21F3N8O3/c28-27(29,30)20-10-22(33-25(39)19-13-32-37(15-19)14-18-6-2-1-3-7-18)12-23(11-20)34-26(40)35-24-17-38(36-41-24)16-21-8-4-5-9-31-21/h1-13,15,17H,14,16H2,(H2-,33,34,35,36,39,40). The van der Waals surface area contributed by atoms with Crippen LogP contribution in [-0.4, -0.2) is 32.0 Å². The lowest BCUT2D eigenvalue weighted by atomic mass is 10.1. The molecule has 0 bridgehead atoms. The van der Waals surface area contributed by atoms with E-state index in [4.69, 9.17) is 4.52 Å². The van der Waals surface area contributed by atoms with Crippen molar-refractivity contribution in [1.82, 2.24) is 20.0 Å². The van der Waals surface area contributed by atoms with Crippen molar-refractivity contribution >= 4 is 29.2 Å². The fourth-order valence-corrected chi connectivity index (χ4v) is 3.76. The molecule has 0 unspecified atom stereocenters. The SMILES string of the molecule is O=C(Nc1cc(N=C([O-])c2cnn(Cc3ccccc3)c2)cc(C(F)(F)F)c1)Nc1c[n+](Cc2ccccn2)no1. The summed E-state index contributed by atoms with van der Waals surface area (Å²) in [4.78, 5) is 20.5. The van der Waals surface area contributed by atoms with Crippen LogP contribution in [0, 0.1) is 0 Å². The van der Waals surface area contributed by atoms with Gasteiger partial charge in [0.1, 0.15) is 5.69 Å². The molecule has 0 saturated carbocycles. The van der Waals surface area contributed by atoms with Gasteiger partial charge in [0, 0.05) is 23.6 Å². The molecule has 3 aromatic heterocycles. The Labute approximate surface area is 230 Å². The Bertz CT molecular complexity index is 1670. The summed E-state index contributed by atoms with van der Waals surface area (Å²) in [7, 11) is 0. The quantitative estimate of drug-likeness (QED) is 0.168. The van der Waals surface area contributed by atoms with Crippen molar-refractivity contribution in [1.29, 1.82) is 0 Å². The van der Waals surface area contributed by atoms with Gasteiger partial charge in [-0.1, -0.05) is 36.4 Å². The highest BCUT2D eigenvalue weighted by Gasteiger charge is 2.31. The molecular weight excluding hydrogens is 541 g/mol. The van der Waals surface area contributed by atoms with Gasteiger partial charge >= 0.3 is 18.1 Å². The topological polar surface area (TPSA) is 137 Å². The van der Waals surface area contributed by atoms with Crippen LogP contribution in [0.1, 0.15) is 22.4 Å². The lowest BCUT2D eigenvalue weighted by Gasteiger charge is -2.13. The van der Waals surface area contributed by atoms with Crippen LogP contribution in [-0.2, 0) is 19.3 Å². The van der Waals surface area contributed by atoms with Gasteiger partial charge in [-0.15, -0.1) is 0 Å². The second kappa shape index (κ2) is 11.7. The lowest BCUT2D eigenvalue weighted by molar-refractivity contribution is -0.755. The highest BCUT2D eigenvalue weighted by molar-refractivity contribution is 5.99. The highest BCUT2D eigenvalue weighted by atomic mass is 19.4. The van der Waals surface area contributed by atoms with E-state index >= 15 is 0 Å². The number of hydrogen-bond acceptors (Lipinski definition) is 7. The number of anilines is 2. The number of amides is 2. The summed E-state index contributed by atoms with van der Waals surface area (Å²) in [5.41, 5.74) is 0.0876. The van der Waals surface area contributed by atoms with E-state index in [9.17, 15) is 23.1 Å². The van der Waals surface area contributed by atoms with E-state index in [0.29, 0.717) is 18.3 Å². The van der Waals surface area contributed by atoms with Crippen LogP contribution >= 0.6 is 0 Å². The summed E-state index contributed by atoms with van der Waals surface area (Å²) in [6, 6.07) is 16.4. The fraction of sp³-hybridized carbons (Fsp3) is 0.111. The summed E-state index contributed by atoms with van der Waals surface area (Å²) in [6.45, 7) is 0.667. The minimum absolute atomic E-state index is 0.0574. The third kappa shape index (κ3) is 7.32. The Morgan fingerprint density at radius 3 is 2.63 bits per heavy atom. The zero-order valence-corrected chi connectivity index (χ0v) is 21.1. The van der Waals surface area contributed by atoms with Crippen LogP contribution in [0.4, 0.5) is 35.2 Å². The van der Waals surface area contributed by atoms with Crippen molar-refractivity contribution in [2.75, 3.05) is 10.6 Å². The maximum absolute atomic E-state index is 13.6. The molecule has 11 nitrogen and oxygen atoms in total. The molecule has 0 radical (unpaired) electrons. The second-order valence-electron chi connectivity index (χ2n) is 8.76. The van der Waals surface area contributed by atoms with Gasteiger partial charge in [-0.2, -0.15) is 18.3 Å². The molecule has 0 saturated heterocycles. The molecule has 208 valence electrons. The molecule has 0 aliphatic carbocycles. The summed E-state index contributed by atoms with van der Waals surface area (Å²) in [6.07, 6.45) is 0.982. The molecule has 41 heavy (non-hydrogen) atoms. The van der Waals surface area contributed by atoms with E-state index in [2.05, 4.69) is 31.0 Å². The Kier molecular flexibility index (Phi) is 7.71. The minimum atomic E-state index is -4.76. The van der Waals surface area contributed by atoms with Gasteiger partial charge in [-0.25, -0.2) is 4.79 Å². The van der Waals surface area contributed by atoms with E-state index in [0.717, 1.165) is 17.7 Å². The third-order valence-corrected chi connectivity index (χ3v) is 5.60. The van der Waals surface area contributed by atoms with Gasteiger partial charge in [0.2, 0.25) is 11.8 Å². The molecule has 5 rings (SSSR count). The van der Waals surface area contributed by atoms with Gasteiger partial charge < -0.3 is 10.4 Å². The summed E-state index contributed by atoms with van der Waals surface area (Å²) >= 11 is 0. The Morgan fingerprint density at radius 1 is 1.07 bits per heavy atom. The summed E-state index contributed by atoms with van der Waals surface area (Å²) < 4.78 is 48.7. The van der Waals surface area contributed by atoms with Crippen molar-refractivity contribution < 1.29 is 32.3 Å². The van der Waals surface area contributed by atoms with Crippen LogP contribution in [0.3, 0.4) is 0 Å². The summed E-state index contributed by atoms with van der Waals surface area (Å²) in [5, 5.41) is 25.3. The second-order valence-corrected chi connectivity index (χ2v) is 8.76. The number of pyridine rings is 1. The molecule has 5 aromatic rings. The molecule has 0 fully saturated rings. The zero-order chi connectivity index (χ0) is 28.8. The van der Waals surface area contributed by atoms with E-state index in [-0.39, 0.29) is 29.4 Å². The average molecular weight is 563 g/mol. The smallest absolute Gasteiger partial charge is 0.416 e. The molecule has 2 amide bonds. The van der Waals surface area contributed by atoms with E-state index < -0.39 is 23.7 Å². The van der Waals surface area contributed by atoms with E-state index in [1.165, 1.54) is 28.0 Å². The Hall–Kier alpha value is -5.53. The number of aliphatic imine (C=N–C) groups is 1. The Balaban J connectivity index is 1.30. The maximum atomic E-state index is 13.6. The molecule has 14 heteroatoms. The normalized spacial score (nSPS) is 11.8. The van der Waals surface area contributed by atoms with Crippen LogP contribution in [0.2, 0.25) is 0 Å². The first-order valence-corrected chi connectivity index (χ1v) is 12.1. The van der Waals surface area contributed by atoms with Crippen molar-refractivity contribution in [2.24, 2.45) is 4.99 Å². The first kappa shape index (κ1) is 27.1. The van der Waals surface area contributed by atoms with Crippen molar-refractivity contribution in [3.8, 4) is 0 Å². The highest BCUT2D eigenvalue weighted by Crippen LogP contribution is 2.34. The number of carbonyl (C=O) groups is 1. The maximum Gasteiger partial charge on any atom is 0.416 e. The number of benzene rings is 2. The monoisotopic (exact) mass is 562 g/mol. The predicted molar refractivity (Wildman–Crippen MR) is 138 cm³/mol. The first-order valence-electron chi connectivity index (χ1n) is 12.1. The molecule has 0 aliphatic rings. The van der Waals surface area contributed by atoms with Crippen molar-refractivity contribution in [3.05, 3.63) is 114 Å². The van der Waals surface area contributed by atoms with Gasteiger partial charge in [0.15, 0.2) is 0 Å². The third-order valence-electron chi connectivity index (χ3n) is 5.60. The number of urea groups is 1. The molecule has 0 atom stereocenters. The number of hydrogen-bond donors (Lipinski definition) is 2. The molecule has 0 aliphatic heterocycles. The van der Waals surface area contributed by atoms with Crippen LogP contribution in [0.15, 0.2) is 101 Å². The molecule has 0 spiro atoms. The van der Waals surface area contributed by atoms with Gasteiger partial charge in [0.25, 0.3) is 6.20 Å². The Morgan fingerprint density at radius 2 is 1.88 bits per heavy atom. The van der Waals surface area contributed by atoms with Crippen LogP contribution in [0.5, 0.6) is 0 Å². The van der Waals surface area contributed by atoms with E-state index in [1.807, 2.05) is 30.3 Å². The molecular formula is C27H21F3N8O3. The number of aromatic nitrogens is 5. The number of carbonyl (C=O) groups excluding carboxylic acids is 1. The van der Waals surface area contributed by atoms with Crippen LogP contribution < -0.4 is 20.4 Å². The number of alkyl halides is 3. The molecule has 2 N–H and O–H groups in total. The van der Waals surface area contributed by atoms with E-state index in [1.54, 1.807) is 24.4 Å². The number of rotatable bonds is 8. The van der Waals surface area contributed by atoms with Gasteiger partial charge in [-0.3, -0.25) is 24.5 Å². The minimum Gasteiger partial charge on any atom is -0.858 e. The number of halogens is 3. The van der Waals surface area contributed by atoms with Gasteiger partial charge in [-0.05, 0) is 46.5 Å². The summed E-state index contributed by atoms with van der Waals surface area (Å²) in [5.74, 6) is -0.851.